The summed E-state index contributed by atoms with van der Waals surface area (Å²) in [4.78, 5) is 11.6. The Morgan fingerprint density at radius 3 is 2.95 bits per heavy atom. The molecule has 0 saturated carbocycles. The average Bonchev–Trinajstić information content (AvgIpc) is 2.32. The maximum Gasteiger partial charge on any atom is 0.338 e. The Morgan fingerprint density at radius 1 is 1.63 bits per heavy atom. The van der Waals surface area contributed by atoms with E-state index in [4.69, 9.17) is 15.2 Å². The minimum absolute atomic E-state index is 0.00706. The molecule has 0 amide bonds. The zero-order valence-corrected chi connectivity index (χ0v) is 10.7. The molecule has 1 heterocycles. The van der Waals surface area contributed by atoms with E-state index in [-0.39, 0.29) is 24.0 Å². The first-order chi connectivity index (χ1) is 9.11. The SMILES string of the molecule is CCOC(=O)c1cc(F)c(N)c(NC[C@@H]2CCO2)c1. The molecule has 1 fully saturated rings. The van der Waals surface area contributed by atoms with Crippen molar-refractivity contribution in [2.45, 2.75) is 19.4 Å². The van der Waals surface area contributed by atoms with Crippen LogP contribution in [0.1, 0.15) is 23.7 Å². The van der Waals surface area contributed by atoms with Gasteiger partial charge in [-0.3, -0.25) is 0 Å². The highest BCUT2D eigenvalue weighted by Crippen LogP contribution is 2.25. The molecule has 19 heavy (non-hydrogen) atoms. The van der Waals surface area contributed by atoms with Crippen LogP contribution in [0.25, 0.3) is 0 Å². The molecular formula is C13H17FN2O3. The molecule has 1 atom stereocenters. The number of carbonyl (C=O) groups is 1. The lowest BCUT2D eigenvalue weighted by Crippen LogP contribution is -2.33. The summed E-state index contributed by atoms with van der Waals surface area (Å²) in [5.41, 5.74) is 6.17. The van der Waals surface area contributed by atoms with Gasteiger partial charge in [-0.15, -0.1) is 0 Å². The molecule has 0 aromatic heterocycles. The number of nitrogens with two attached hydrogens (primary N) is 1. The highest BCUT2D eigenvalue weighted by atomic mass is 19.1. The average molecular weight is 268 g/mol. The molecule has 0 unspecified atom stereocenters. The summed E-state index contributed by atoms with van der Waals surface area (Å²) in [5.74, 6) is -1.20. The van der Waals surface area contributed by atoms with Crippen molar-refractivity contribution >= 4 is 17.3 Å². The van der Waals surface area contributed by atoms with E-state index >= 15 is 0 Å². The lowest BCUT2D eigenvalue weighted by molar-refractivity contribution is -0.0410. The van der Waals surface area contributed by atoms with E-state index in [1.54, 1.807) is 6.92 Å². The van der Waals surface area contributed by atoms with Crippen molar-refractivity contribution in [1.82, 2.24) is 0 Å². The Labute approximate surface area is 110 Å². The van der Waals surface area contributed by atoms with Crippen LogP contribution in [0.5, 0.6) is 0 Å². The van der Waals surface area contributed by atoms with E-state index in [2.05, 4.69) is 5.32 Å². The van der Waals surface area contributed by atoms with Gasteiger partial charge in [-0.05, 0) is 25.5 Å². The highest BCUT2D eigenvalue weighted by Gasteiger charge is 2.19. The van der Waals surface area contributed by atoms with Gasteiger partial charge in [0.2, 0.25) is 0 Å². The van der Waals surface area contributed by atoms with Gasteiger partial charge in [-0.1, -0.05) is 0 Å². The van der Waals surface area contributed by atoms with Crippen molar-refractivity contribution in [2.24, 2.45) is 0 Å². The Balaban J connectivity index is 2.13. The maximum absolute atomic E-state index is 13.7. The molecule has 2 rings (SSSR count). The number of anilines is 2. The van der Waals surface area contributed by atoms with E-state index in [1.165, 1.54) is 6.07 Å². The number of nitrogens with one attached hydrogen (secondary N) is 1. The summed E-state index contributed by atoms with van der Waals surface area (Å²) in [5, 5.41) is 3.00. The van der Waals surface area contributed by atoms with Gasteiger partial charge >= 0.3 is 5.97 Å². The van der Waals surface area contributed by atoms with Gasteiger partial charge in [0.1, 0.15) is 5.82 Å². The minimum atomic E-state index is -0.636. The van der Waals surface area contributed by atoms with Gasteiger partial charge < -0.3 is 20.5 Å². The first-order valence-electron chi connectivity index (χ1n) is 6.23. The third-order valence-corrected chi connectivity index (χ3v) is 2.95. The molecule has 5 nitrogen and oxygen atoms in total. The molecule has 0 spiro atoms. The summed E-state index contributed by atoms with van der Waals surface area (Å²) < 4.78 is 23.7. The van der Waals surface area contributed by atoms with Crippen molar-refractivity contribution < 1.29 is 18.7 Å². The van der Waals surface area contributed by atoms with E-state index in [9.17, 15) is 9.18 Å². The number of halogens is 1. The van der Waals surface area contributed by atoms with Crippen LogP contribution in [0.4, 0.5) is 15.8 Å². The Kier molecular flexibility index (Phi) is 4.21. The topological polar surface area (TPSA) is 73.6 Å². The predicted molar refractivity (Wildman–Crippen MR) is 69.6 cm³/mol. The Hall–Kier alpha value is -1.82. The van der Waals surface area contributed by atoms with Crippen LogP contribution in [-0.2, 0) is 9.47 Å². The first kappa shape index (κ1) is 13.6. The van der Waals surface area contributed by atoms with Crippen LogP contribution in [0, 0.1) is 5.82 Å². The zero-order chi connectivity index (χ0) is 13.8. The summed E-state index contributed by atoms with van der Waals surface area (Å²) in [7, 11) is 0. The quantitative estimate of drug-likeness (QED) is 0.629. The Morgan fingerprint density at radius 2 is 2.37 bits per heavy atom. The number of rotatable bonds is 5. The summed E-state index contributed by atoms with van der Waals surface area (Å²) >= 11 is 0. The van der Waals surface area contributed by atoms with E-state index in [0.29, 0.717) is 12.2 Å². The van der Waals surface area contributed by atoms with E-state index in [0.717, 1.165) is 19.1 Å². The molecular weight excluding hydrogens is 251 g/mol. The first-order valence-corrected chi connectivity index (χ1v) is 6.23. The zero-order valence-electron chi connectivity index (χ0n) is 10.7. The standard InChI is InChI=1S/C13H17FN2O3/c1-2-18-13(17)8-5-10(14)12(15)11(6-8)16-7-9-3-4-19-9/h5-6,9,16H,2-4,7,15H2,1H3/t9-/m0/s1. The number of esters is 1. The smallest absolute Gasteiger partial charge is 0.338 e. The van der Waals surface area contributed by atoms with Crippen molar-refractivity contribution in [3.63, 3.8) is 0 Å². The van der Waals surface area contributed by atoms with Crippen molar-refractivity contribution in [1.29, 1.82) is 0 Å². The molecule has 1 aliphatic heterocycles. The molecule has 0 radical (unpaired) electrons. The van der Waals surface area contributed by atoms with Crippen LogP contribution < -0.4 is 11.1 Å². The molecule has 6 heteroatoms. The summed E-state index contributed by atoms with van der Waals surface area (Å²) in [6.07, 6.45) is 1.08. The Bertz CT molecular complexity index is 475. The summed E-state index contributed by atoms with van der Waals surface area (Å²) in [6.45, 7) is 3.22. The maximum atomic E-state index is 13.7. The minimum Gasteiger partial charge on any atom is -0.462 e. The van der Waals surface area contributed by atoms with E-state index in [1.807, 2.05) is 0 Å². The fraction of sp³-hybridized carbons (Fsp3) is 0.462. The van der Waals surface area contributed by atoms with Gasteiger partial charge in [0.05, 0.1) is 29.6 Å². The fourth-order valence-electron chi connectivity index (χ4n) is 1.77. The molecule has 3 N–H and O–H groups in total. The van der Waals surface area contributed by atoms with Crippen LogP contribution in [0.3, 0.4) is 0 Å². The van der Waals surface area contributed by atoms with Crippen LogP contribution in [-0.4, -0.2) is 31.8 Å². The van der Waals surface area contributed by atoms with Crippen molar-refractivity contribution in [3.05, 3.63) is 23.5 Å². The van der Waals surface area contributed by atoms with Gasteiger partial charge in [0.15, 0.2) is 0 Å². The molecule has 1 aromatic carbocycles. The van der Waals surface area contributed by atoms with Gasteiger partial charge in [0, 0.05) is 13.2 Å². The third-order valence-electron chi connectivity index (χ3n) is 2.95. The third kappa shape index (κ3) is 3.14. The van der Waals surface area contributed by atoms with Crippen molar-refractivity contribution in [3.8, 4) is 0 Å². The van der Waals surface area contributed by atoms with Gasteiger partial charge in [-0.25, -0.2) is 9.18 Å². The molecule has 0 bridgehead atoms. The number of benzene rings is 1. The molecule has 1 aliphatic rings. The van der Waals surface area contributed by atoms with Crippen molar-refractivity contribution in [2.75, 3.05) is 30.8 Å². The van der Waals surface area contributed by atoms with Gasteiger partial charge in [0.25, 0.3) is 0 Å². The lowest BCUT2D eigenvalue weighted by Gasteiger charge is -2.27. The number of nitrogen functional groups attached to an aromatic ring is 1. The number of hydrogen-bond acceptors (Lipinski definition) is 5. The molecule has 1 aromatic rings. The van der Waals surface area contributed by atoms with E-state index < -0.39 is 11.8 Å². The van der Waals surface area contributed by atoms with Crippen LogP contribution in [0.15, 0.2) is 12.1 Å². The van der Waals surface area contributed by atoms with Gasteiger partial charge in [-0.2, -0.15) is 0 Å². The molecule has 104 valence electrons. The molecule has 0 aliphatic carbocycles. The normalized spacial score (nSPS) is 17.7. The second-order valence-corrected chi connectivity index (χ2v) is 4.30. The molecule has 1 saturated heterocycles. The lowest BCUT2D eigenvalue weighted by atomic mass is 10.1. The summed E-state index contributed by atoms with van der Waals surface area (Å²) in [6, 6.07) is 2.58. The second-order valence-electron chi connectivity index (χ2n) is 4.30. The predicted octanol–water partition coefficient (Wildman–Crippen LogP) is 1.79. The number of ether oxygens (including phenoxy) is 2. The monoisotopic (exact) mass is 268 g/mol. The largest absolute Gasteiger partial charge is 0.462 e. The van der Waals surface area contributed by atoms with Crippen LogP contribution >= 0.6 is 0 Å². The number of hydrogen-bond donors (Lipinski definition) is 2. The second kappa shape index (κ2) is 5.88. The van der Waals surface area contributed by atoms with Crippen LogP contribution in [0.2, 0.25) is 0 Å². The fourth-order valence-corrected chi connectivity index (χ4v) is 1.77. The highest BCUT2D eigenvalue weighted by molar-refractivity contribution is 5.92. The number of carbonyl (C=O) groups excluding carboxylic acids is 1.